The van der Waals surface area contributed by atoms with Gasteiger partial charge in [-0.15, -0.1) is 0 Å². The number of rotatable bonds is 4. The van der Waals surface area contributed by atoms with E-state index in [-0.39, 0.29) is 6.10 Å². The number of nitrogens with zero attached hydrogens (tertiary/aromatic N) is 2. The summed E-state index contributed by atoms with van der Waals surface area (Å²) in [7, 11) is 0. The van der Waals surface area contributed by atoms with Crippen LogP contribution >= 0.6 is 23.2 Å². The van der Waals surface area contributed by atoms with Crippen LogP contribution in [0.25, 0.3) is 0 Å². The van der Waals surface area contributed by atoms with Crippen molar-refractivity contribution in [1.29, 1.82) is 0 Å². The first kappa shape index (κ1) is 16.1. The lowest BCUT2D eigenvalue weighted by Crippen LogP contribution is -2.18. The number of hydrogen-bond acceptors (Lipinski definition) is 5. The summed E-state index contributed by atoms with van der Waals surface area (Å²) in [5, 5.41) is 0.920. The molecule has 1 N–H and O–H groups in total. The summed E-state index contributed by atoms with van der Waals surface area (Å²) < 4.78 is 5.62. The minimum Gasteiger partial charge on any atom is -0.489 e. The highest BCUT2D eigenvalue weighted by molar-refractivity contribution is 6.32. The number of aromatic nitrogens is 1. The smallest absolute Gasteiger partial charge is 0.202 e. The van der Waals surface area contributed by atoms with Gasteiger partial charge in [0.2, 0.25) is 6.23 Å². The molecule has 2 heterocycles. The van der Waals surface area contributed by atoms with Gasteiger partial charge in [-0.2, -0.15) is 0 Å². The SMILES string of the molecule is CC(C)Oc1ccc(C2=NC(c3ccnc(Cl)c3)ON2)cc1Cl. The summed E-state index contributed by atoms with van der Waals surface area (Å²) in [6.07, 6.45) is 1.20. The highest BCUT2D eigenvalue weighted by Gasteiger charge is 2.22. The molecule has 0 saturated carbocycles. The fourth-order valence-corrected chi connectivity index (χ4v) is 2.53. The van der Waals surface area contributed by atoms with Crippen molar-refractivity contribution in [2.45, 2.75) is 26.2 Å². The summed E-state index contributed by atoms with van der Waals surface area (Å²) in [5.74, 6) is 1.24. The topological polar surface area (TPSA) is 55.7 Å². The van der Waals surface area contributed by atoms with Crippen molar-refractivity contribution >= 4 is 29.0 Å². The number of amidine groups is 1. The van der Waals surface area contributed by atoms with Crippen LogP contribution in [0, 0.1) is 0 Å². The summed E-state index contributed by atoms with van der Waals surface area (Å²) in [6, 6.07) is 9.00. The molecular formula is C16H15Cl2N3O2. The van der Waals surface area contributed by atoms with Crippen LogP contribution in [0.2, 0.25) is 10.2 Å². The molecule has 0 aliphatic carbocycles. The number of nitrogens with one attached hydrogen (secondary N) is 1. The molecule has 1 aromatic heterocycles. The summed E-state index contributed by atoms with van der Waals surface area (Å²) >= 11 is 12.1. The fraction of sp³-hybridized carbons (Fsp3) is 0.250. The zero-order valence-corrected chi connectivity index (χ0v) is 14.1. The van der Waals surface area contributed by atoms with E-state index in [1.165, 1.54) is 0 Å². The van der Waals surface area contributed by atoms with E-state index in [0.29, 0.717) is 21.8 Å². The molecule has 1 aliphatic rings. The molecule has 1 aromatic carbocycles. The van der Waals surface area contributed by atoms with Gasteiger partial charge in [0.25, 0.3) is 0 Å². The van der Waals surface area contributed by atoms with E-state index >= 15 is 0 Å². The first-order chi connectivity index (χ1) is 11.0. The van der Waals surface area contributed by atoms with Gasteiger partial charge in [-0.05, 0) is 44.2 Å². The first-order valence-electron chi connectivity index (χ1n) is 7.10. The van der Waals surface area contributed by atoms with Crippen molar-refractivity contribution in [2.75, 3.05) is 0 Å². The van der Waals surface area contributed by atoms with Crippen LogP contribution in [0.15, 0.2) is 41.5 Å². The van der Waals surface area contributed by atoms with Gasteiger partial charge in [-0.3, -0.25) is 0 Å². The lowest BCUT2D eigenvalue weighted by Gasteiger charge is -2.12. The number of hydroxylamine groups is 1. The molecule has 23 heavy (non-hydrogen) atoms. The van der Waals surface area contributed by atoms with Crippen LogP contribution in [0.3, 0.4) is 0 Å². The molecule has 2 aromatic rings. The summed E-state index contributed by atoms with van der Waals surface area (Å²) in [5.41, 5.74) is 4.45. The third-order valence-electron chi connectivity index (χ3n) is 3.12. The molecule has 1 atom stereocenters. The number of hydrogen-bond donors (Lipinski definition) is 1. The summed E-state index contributed by atoms with van der Waals surface area (Å²) in [4.78, 5) is 13.9. The third-order valence-corrected chi connectivity index (χ3v) is 3.62. The van der Waals surface area contributed by atoms with Crippen LogP contribution < -0.4 is 10.2 Å². The Labute approximate surface area is 144 Å². The Hall–Kier alpha value is -1.82. The maximum atomic E-state index is 6.25. The lowest BCUT2D eigenvalue weighted by atomic mass is 10.2. The second-order valence-corrected chi connectivity index (χ2v) is 6.07. The van der Waals surface area contributed by atoms with Gasteiger partial charge in [0.1, 0.15) is 10.9 Å². The van der Waals surface area contributed by atoms with Crippen molar-refractivity contribution in [3.63, 3.8) is 0 Å². The standard InChI is InChI=1S/C16H15Cl2N3O2/c1-9(2)22-13-4-3-10(7-12(13)17)15-20-16(23-21-15)11-5-6-19-14(18)8-11/h3-9,16H,1-2H3,(H,20,21). The Balaban J connectivity index is 1.82. The van der Waals surface area contributed by atoms with E-state index in [1.54, 1.807) is 24.4 Å². The molecule has 120 valence electrons. The average Bonchev–Trinajstić information content (AvgIpc) is 2.99. The monoisotopic (exact) mass is 351 g/mol. The maximum Gasteiger partial charge on any atom is 0.202 e. The Morgan fingerprint density at radius 2 is 2.04 bits per heavy atom. The fourth-order valence-electron chi connectivity index (χ4n) is 2.13. The average molecular weight is 352 g/mol. The Kier molecular flexibility index (Phi) is 4.71. The van der Waals surface area contributed by atoms with E-state index in [1.807, 2.05) is 26.0 Å². The zero-order valence-electron chi connectivity index (χ0n) is 12.6. The molecule has 1 unspecified atom stereocenters. The minimum atomic E-state index is -0.476. The van der Waals surface area contributed by atoms with Gasteiger partial charge < -0.3 is 4.74 Å². The third kappa shape index (κ3) is 3.75. The maximum absolute atomic E-state index is 6.25. The number of ether oxygens (including phenoxy) is 1. The van der Waals surface area contributed by atoms with Crippen LogP contribution in [-0.2, 0) is 4.84 Å². The first-order valence-corrected chi connectivity index (χ1v) is 7.86. The van der Waals surface area contributed by atoms with Crippen molar-refractivity contribution in [1.82, 2.24) is 10.5 Å². The quantitative estimate of drug-likeness (QED) is 0.840. The van der Waals surface area contributed by atoms with E-state index in [0.717, 1.165) is 11.1 Å². The molecule has 7 heteroatoms. The molecule has 0 radical (unpaired) electrons. The number of halogens is 2. The van der Waals surface area contributed by atoms with Crippen LogP contribution in [0.5, 0.6) is 5.75 Å². The zero-order chi connectivity index (χ0) is 16.4. The Morgan fingerprint density at radius 3 is 2.74 bits per heavy atom. The minimum absolute atomic E-state index is 0.0597. The molecule has 0 bridgehead atoms. The number of benzene rings is 1. The van der Waals surface area contributed by atoms with Gasteiger partial charge in [0, 0.05) is 17.3 Å². The van der Waals surface area contributed by atoms with Gasteiger partial charge in [-0.25, -0.2) is 20.3 Å². The number of pyridine rings is 1. The van der Waals surface area contributed by atoms with Gasteiger partial charge in [0.15, 0.2) is 5.84 Å². The Morgan fingerprint density at radius 1 is 1.22 bits per heavy atom. The predicted octanol–water partition coefficient (Wildman–Crippen LogP) is 4.16. The molecule has 0 amide bonds. The van der Waals surface area contributed by atoms with Crippen LogP contribution in [0.4, 0.5) is 0 Å². The Bertz CT molecular complexity index is 750. The van der Waals surface area contributed by atoms with Crippen LogP contribution in [0.1, 0.15) is 31.2 Å². The molecule has 1 aliphatic heterocycles. The molecule has 0 fully saturated rings. The highest BCUT2D eigenvalue weighted by atomic mass is 35.5. The van der Waals surface area contributed by atoms with Crippen LogP contribution in [-0.4, -0.2) is 16.9 Å². The van der Waals surface area contributed by atoms with Crippen molar-refractivity contribution in [3.8, 4) is 5.75 Å². The van der Waals surface area contributed by atoms with Crippen molar-refractivity contribution in [2.24, 2.45) is 4.99 Å². The predicted molar refractivity (Wildman–Crippen MR) is 90.0 cm³/mol. The molecule has 5 nitrogen and oxygen atoms in total. The van der Waals surface area contributed by atoms with Gasteiger partial charge >= 0.3 is 0 Å². The van der Waals surface area contributed by atoms with Crippen molar-refractivity contribution in [3.05, 3.63) is 57.8 Å². The molecule has 0 saturated heterocycles. The second kappa shape index (κ2) is 6.74. The summed E-state index contributed by atoms with van der Waals surface area (Å²) in [6.45, 7) is 3.90. The van der Waals surface area contributed by atoms with Gasteiger partial charge in [-0.1, -0.05) is 23.2 Å². The largest absolute Gasteiger partial charge is 0.489 e. The second-order valence-electron chi connectivity index (χ2n) is 5.27. The van der Waals surface area contributed by atoms with Crippen molar-refractivity contribution < 1.29 is 9.57 Å². The molecular weight excluding hydrogens is 337 g/mol. The van der Waals surface area contributed by atoms with E-state index in [9.17, 15) is 0 Å². The number of aliphatic imine (C=N–C) groups is 1. The lowest BCUT2D eigenvalue weighted by molar-refractivity contribution is 0.0376. The van der Waals surface area contributed by atoms with E-state index in [2.05, 4.69) is 15.5 Å². The van der Waals surface area contributed by atoms with E-state index < -0.39 is 6.23 Å². The molecule has 3 rings (SSSR count). The normalized spacial score (nSPS) is 17.1. The molecule has 0 spiro atoms. The highest BCUT2D eigenvalue weighted by Crippen LogP contribution is 2.29. The van der Waals surface area contributed by atoms with E-state index in [4.69, 9.17) is 32.8 Å². The van der Waals surface area contributed by atoms with Gasteiger partial charge in [0.05, 0.1) is 11.1 Å².